The molecule has 1 aromatic heterocycles. The second kappa shape index (κ2) is 7.03. The Balaban J connectivity index is 1.76. The van der Waals surface area contributed by atoms with Gasteiger partial charge in [0.2, 0.25) is 0 Å². The molecule has 0 N–H and O–H groups in total. The van der Waals surface area contributed by atoms with Gasteiger partial charge in [-0.25, -0.2) is 9.97 Å². The first-order chi connectivity index (χ1) is 11.6. The van der Waals surface area contributed by atoms with Crippen LogP contribution in [0.15, 0.2) is 6.07 Å². The first-order valence-corrected chi connectivity index (χ1v) is 8.74. The zero-order valence-corrected chi connectivity index (χ0v) is 14.7. The smallest absolute Gasteiger partial charge is 0.272 e. The van der Waals surface area contributed by atoms with Crippen LogP contribution in [0.5, 0.6) is 0 Å². The van der Waals surface area contributed by atoms with E-state index in [0.717, 1.165) is 31.7 Å². The standard InChI is InChI=1S/C17H26N4O3/c1-4-20(5-2)16(22)14-12-15(19-13(3)18-14)21-8-6-17(7-9-21)23-10-11-24-17/h12H,4-11H2,1-3H3. The van der Waals surface area contributed by atoms with Crippen LogP contribution >= 0.6 is 0 Å². The molecule has 2 aliphatic rings. The van der Waals surface area contributed by atoms with E-state index in [1.165, 1.54) is 0 Å². The van der Waals surface area contributed by atoms with E-state index in [0.29, 0.717) is 37.8 Å². The maximum Gasteiger partial charge on any atom is 0.272 e. The van der Waals surface area contributed by atoms with E-state index in [-0.39, 0.29) is 5.91 Å². The number of aromatic nitrogens is 2. The lowest BCUT2D eigenvalue weighted by atomic mass is 10.0. The fourth-order valence-corrected chi connectivity index (χ4v) is 3.36. The third-order valence-electron chi connectivity index (χ3n) is 4.76. The van der Waals surface area contributed by atoms with Crippen LogP contribution in [-0.2, 0) is 9.47 Å². The summed E-state index contributed by atoms with van der Waals surface area (Å²) in [7, 11) is 0. The van der Waals surface area contributed by atoms with Gasteiger partial charge in [-0.15, -0.1) is 0 Å². The maximum absolute atomic E-state index is 12.6. The van der Waals surface area contributed by atoms with Crippen molar-refractivity contribution in [3.05, 3.63) is 17.6 Å². The predicted octanol–water partition coefficient (Wildman–Crippen LogP) is 1.61. The lowest BCUT2D eigenvalue weighted by Gasteiger charge is -2.38. The number of piperidine rings is 1. The molecule has 24 heavy (non-hydrogen) atoms. The molecule has 0 aromatic carbocycles. The Morgan fingerprint density at radius 2 is 1.83 bits per heavy atom. The number of aryl methyl sites for hydroxylation is 1. The molecule has 2 saturated heterocycles. The van der Waals surface area contributed by atoms with Gasteiger partial charge in [-0.1, -0.05) is 0 Å². The maximum atomic E-state index is 12.6. The summed E-state index contributed by atoms with van der Waals surface area (Å²) < 4.78 is 11.5. The Morgan fingerprint density at radius 1 is 1.21 bits per heavy atom. The molecule has 0 unspecified atom stereocenters. The molecule has 7 nitrogen and oxygen atoms in total. The largest absolute Gasteiger partial charge is 0.356 e. The van der Waals surface area contributed by atoms with Crippen molar-refractivity contribution >= 4 is 11.7 Å². The van der Waals surface area contributed by atoms with Crippen LogP contribution in [0.1, 0.15) is 43.0 Å². The number of amides is 1. The Bertz CT molecular complexity index is 587. The second-order valence-electron chi connectivity index (χ2n) is 6.23. The fraction of sp³-hybridized carbons (Fsp3) is 0.706. The number of hydrogen-bond donors (Lipinski definition) is 0. The zero-order chi connectivity index (χ0) is 17.2. The minimum Gasteiger partial charge on any atom is -0.356 e. The molecule has 132 valence electrons. The van der Waals surface area contributed by atoms with E-state index in [1.54, 1.807) is 4.90 Å². The van der Waals surface area contributed by atoms with Crippen molar-refractivity contribution in [3.63, 3.8) is 0 Å². The molecule has 1 spiro atoms. The average molecular weight is 334 g/mol. The topological polar surface area (TPSA) is 67.8 Å². The van der Waals surface area contributed by atoms with Crippen LogP contribution in [0, 0.1) is 6.92 Å². The number of nitrogens with zero attached hydrogens (tertiary/aromatic N) is 4. The molecule has 0 atom stereocenters. The van der Waals surface area contributed by atoms with Crippen LogP contribution < -0.4 is 4.90 Å². The van der Waals surface area contributed by atoms with Crippen molar-refractivity contribution in [1.29, 1.82) is 0 Å². The molecule has 2 aliphatic heterocycles. The number of hydrogen-bond acceptors (Lipinski definition) is 6. The van der Waals surface area contributed by atoms with E-state index in [1.807, 2.05) is 26.8 Å². The molecule has 0 bridgehead atoms. The molecule has 0 saturated carbocycles. The third-order valence-corrected chi connectivity index (χ3v) is 4.76. The van der Waals surface area contributed by atoms with Gasteiger partial charge in [-0.3, -0.25) is 4.79 Å². The molecule has 2 fully saturated rings. The molecule has 1 aromatic rings. The van der Waals surface area contributed by atoms with Gasteiger partial charge in [0, 0.05) is 45.1 Å². The summed E-state index contributed by atoms with van der Waals surface area (Å²) >= 11 is 0. The first-order valence-electron chi connectivity index (χ1n) is 8.74. The summed E-state index contributed by atoms with van der Waals surface area (Å²) in [6.45, 7) is 10.1. The summed E-state index contributed by atoms with van der Waals surface area (Å²) in [6, 6.07) is 1.81. The number of anilines is 1. The molecule has 3 rings (SSSR count). The number of carbonyl (C=O) groups is 1. The lowest BCUT2D eigenvalue weighted by molar-refractivity contribution is -0.169. The average Bonchev–Trinajstić information content (AvgIpc) is 3.04. The Hall–Kier alpha value is -1.73. The van der Waals surface area contributed by atoms with Crippen LogP contribution in [0.3, 0.4) is 0 Å². The highest BCUT2D eigenvalue weighted by Crippen LogP contribution is 2.32. The van der Waals surface area contributed by atoms with Crippen molar-refractivity contribution in [1.82, 2.24) is 14.9 Å². The summed E-state index contributed by atoms with van der Waals surface area (Å²) in [4.78, 5) is 25.4. The minimum absolute atomic E-state index is 0.0392. The van der Waals surface area contributed by atoms with Crippen LogP contribution in [0.2, 0.25) is 0 Å². The first kappa shape index (κ1) is 17.1. The van der Waals surface area contributed by atoms with Crippen LogP contribution in [-0.4, -0.2) is 66.0 Å². The van der Waals surface area contributed by atoms with Crippen LogP contribution in [0.4, 0.5) is 5.82 Å². The highest BCUT2D eigenvalue weighted by atomic mass is 16.7. The Kier molecular flexibility index (Phi) is 5.01. The van der Waals surface area contributed by atoms with Gasteiger partial charge < -0.3 is 19.3 Å². The van der Waals surface area contributed by atoms with Gasteiger partial charge in [-0.2, -0.15) is 0 Å². The minimum atomic E-state index is -0.404. The van der Waals surface area contributed by atoms with E-state index < -0.39 is 5.79 Å². The highest BCUT2D eigenvalue weighted by Gasteiger charge is 2.40. The van der Waals surface area contributed by atoms with E-state index in [4.69, 9.17) is 9.47 Å². The van der Waals surface area contributed by atoms with E-state index in [9.17, 15) is 4.79 Å². The number of carbonyl (C=O) groups excluding carboxylic acids is 1. The number of ether oxygens (including phenoxy) is 2. The van der Waals surface area contributed by atoms with Crippen molar-refractivity contribution < 1.29 is 14.3 Å². The predicted molar refractivity (Wildman–Crippen MR) is 90.1 cm³/mol. The second-order valence-corrected chi connectivity index (χ2v) is 6.23. The lowest BCUT2D eigenvalue weighted by Crippen LogP contribution is -2.45. The molecule has 0 aliphatic carbocycles. The summed E-state index contributed by atoms with van der Waals surface area (Å²) in [6.07, 6.45) is 1.63. The van der Waals surface area contributed by atoms with Crippen molar-refractivity contribution in [3.8, 4) is 0 Å². The van der Waals surface area contributed by atoms with Crippen molar-refractivity contribution in [2.75, 3.05) is 44.3 Å². The van der Waals surface area contributed by atoms with Gasteiger partial charge in [0.05, 0.1) is 13.2 Å². The molecular weight excluding hydrogens is 308 g/mol. The van der Waals surface area contributed by atoms with Gasteiger partial charge in [0.15, 0.2) is 5.79 Å². The Morgan fingerprint density at radius 3 is 2.42 bits per heavy atom. The normalized spacial score (nSPS) is 19.7. The van der Waals surface area contributed by atoms with E-state index >= 15 is 0 Å². The summed E-state index contributed by atoms with van der Waals surface area (Å²) in [5.41, 5.74) is 0.467. The third kappa shape index (κ3) is 3.37. The quantitative estimate of drug-likeness (QED) is 0.833. The van der Waals surface area contributed by atoms with Gasteiger partial charge in [-0.05, 0) is 20.8 Å². The monoisotopic (exact) mass is 334 g/mol. The summed E-state index contributed by atoms with van der Waals surface area (Å²) in [5, 5.41) is 0. The fourth-order valence-electron chi connectivity index (χ4n) is 3.36. The van der Waals surface area contributed by atoms with Gasteiger partial charge >= 0.3 is 0 Å². The molecule has 0 radical (unpaired) electrons. The Labute approximate surface area is 143 Å². The van der Waals surface area contributed by atoms with Crippen LogP contribution in [0.25, 0.3) is 0 Å². The van der Waals surface area contributed by atoms with Gasteiger partial charge in [0.25, 0.3) is 5.91 Å². The van der Waals surface area contributed by atoms with Gasteiger partial charge in [0.1, 0.15) is 17.3 Å². The highest BCUT2D eigenvalue weighted by molar-refractivity contribution is 5.93. The molecular formula is C17H26N4O3. The molecule has 3 heterocycles. The number of rotatable bonds is 4. The molecule has 1 amide bonds. The SMILES string of the molecule is CCN(CC)C(=O)c1cc(N2CCC3(CC2)OCCO3)nc(C)n1. The van der Waals surface area contributed by atoms with E-state index in [2.05, 4.69) is 14.9 Å². The summed E-state index contributed by atoms with van der Waals surface area (Å²) in [5.74, 6) is 0.989. The van der Waals surface area contributed by atoms with Crippen molar-refractivity contribution in [2.45, 2.75) is 39.4 Å². The van der Waals surface area contributed by atoms with Crippen molar-refractivity contribution in [2.24, 2.45) is 0 Å². The zero-order valence-electron chi connectivity index (χ0n) is 14.7. The molecule has 7 heteroatoms.